The van der Waals surface area contributed by atoms with Crippen LogP contribution >= 0.6 is 27.5 Å². The van der Waals surface area contributed by atoms with Crippen molar-refractivity contribution in [2.24, 2.45) is 5.73 Å². The Morgan fingerprint density at radius 2 is 2.06 bits per heavy atom. The van der Waals surface area contributed by atoms with E-state index in [1.54, 1.807) is 12.4 Å². The van der Waals surface area contributed by atoms with E-state index >= 15 is 0 Å². The van der Waals surface area contributed by atoms with E-state index in [0.717, 1.165) is 21.2 Å². The first kappa shape index (κ1) is 12.6. The molecule has 2 N–H and O–H groups in total. The number of hydrogen-bond donors (Lipinski definition) is 1. The van der Waals surface area contributed by atoms with Crippen LogP contribution in [0.2, 0.25) is 5.02 Å². The van der Waals surface area contributed by atoms with Gasteiger partial charge in [0.1, 0.15) is 0 Å². The molecule has 0 aliphatic carbocycles. The molecule has 1 atom stereocenters. The average Bonchev–Trinajstić information content (AvgIpc) is 2.32. The van der Waals surface area contributed by atoms with Gasteiger partial charge in [-0.05, 0) is 47.9 Å². The molecule has 1 heterocycles. The number of hydrogen-bond acceptors (Lipinski definition) is 2. The molecule has 1 unspecified atom stereocenters. The first-order valence-corrected chi connectivity index (χ1v) is 6.37. The van der Waals surface area contributed by atoms with Crippen molar-refractivity contribution >= 4 is 27.5 Å². The van der Waals surface area contributed by atoms with Gasteiger partial charge in [-0.1, -0.05) is 27.5 Å². The number of benzene rings is 1. The highest BCUT2D eigenvalue weighted by molar-refractivity contribution is 9.10. The van der Waals surface area contributed by atoms with Crippen molar-refractivity contribution in [1.82, 2.24) is 4.98 Å². The van der Waals surface area contributed by atoms with Crippen LogP contribution in [0, 0.1) is 6.92 Å². The molecule has 0 amide bonds. The summed E-state index contributed by atoms with van der Waals surface area (Å²) in [5.41, 5.74) is 9.36. The van der Waals surface area contributed by atoms with Crippen LogP contribution in [0.15, 0.2) is 41.1 Å². The SMILES string of the molecule is Cc1ccncc1C(N)c1cc(Cl)ccc1Br. The topological polar surface area (TPSA) is 38.9 Å². The first-order chi connectivity index (χ1) is 8.09. The Labute approximate surface area is 114 Å². The highest BCUT2D eigenvalue weighted by atomic mass is 79.9. The maximum Gasteiger partial charge on any atom is 0.0581 e. The van der Waals surface area contributed by atoms with Gasteiger partial charge in [-0.2, -0.15) is 0 Å². The maximum atomic E-state index is 6.26. The van der Waals surface area contributed by atoms with E-state index in [4.69, 9.17) is 17.3 Å². The van der Waals surface area contributed by atoms with Crippen LogP contribution in [0.4, 0.5) is 0 Å². The fourth-order valence-corrected chi connectivity index (χ4v) is 2.40. The molecule has 4 heteroatoms. The molecule has 0 aliphatic rings. The van der Waals surface area contributed by atoms with Gasteiger partial charge in [-0.25, -0.2) is 0 Å². The lowest BCUT2D eigenvalue weighted by Crippen LogP contribution is -2.14. The molecule has 0 fully saturated rings. The molecule has 0 radical (unpaired) electrons. The van der Waals surface area contributed by atoms with E-state index in [1.807, 2.05) is 31.2 Å². The molecule has 2 aromatic rings. The van der Waals surface area contributed by atoms with E-state index in [9.17, 15) is 0 Å². The van der Waals surface area contributed by atoms with Crippen molar-refractivity contribution < 1.29 is 0 Å². The third-order valence-corrected chi connectivity index (χ3v) is 3.66. The Morgan fingerprint density at radius 1 is 1.29 bits per heavy atom. The van der Waals surface area contributed by atoms with E-state index < -0.39 is 0 Å². The summed E-state index contributed by atoms with van der Waals surface area (Å²) in [6.45, 7) is 2.02. The third kappa shape index (κ3) is 2.68. The van der Waals surface area contributed by atoms with Gasteiger partial charge in [-0.15, -0.1) is 0 Å². The predicted octanol–water partition coefficient (Wildman–Crippen LogP) is 3.85. The number of aromatic nitrogens is 1. The Bertz CT molecular complexity index is 543. The van der Waals surface area contributed by atoms with E-state index in [1.165, 1.54) is 0 Å². The van der Waals surface area contributed by atoms with Gasteiger partial charge in [-0.3, -0.25) is 4.98 Å². The summed E-state index contributed by atoms with van der Waals surface area (Å²) in [5.74, 6) is 0. The number of pyridine rings is 1. The summed E-state index contributed by atoms with van der Waals surface area (Å²) < 4.78 is 0.956. The largest absolute Gasteiger partial charge is 0.320 e. The van der Waals surface area contributed by atoms with Crippen LogP contribution in [0.5, 0.6) is 0 Å². The molecule has 0 aliphatic heterocycles. The summed E-state index contributed by atoms with van der Waals surface area (Å²) in [5, 5.41) is 0.681. The van der Waals surface area contributed by atoms with Crippen LogP contribution in [-0.4, -0.2) is 4.98 Å². The summed E-state index contributed by atoms with van der Waals surface area (Å²) in [7, 11) is 0. The van der Waals surface area contributed by atoms with Gasteiger partial charge in [0.05, 0.1) is 6.04 Å². The smallest absolute Gasteiger partial charge is 0.0581 e. The Balaban J connectivity index is 2.47. The van der Waals surface area contributed by atoms with Gasteiger partial charge in [0.25, 0.3) is 0 Å². The average molecular weight is 312 g/mol. The van der Waals surface area contributed by atoms with E-state index in [-0.39, 0.29) is 6.04 Å². The van der Waals surface area contributed by atoms with Gasteiger partial charge in [0.15, 0.2) is 0 Å². The zero-order chi connectivity index (χ0) is 12.4. The van der Waals surface area contributed by atoms with Gasteiger partial charge in [0, 0.05) is 21.9 Å². The molecule has 88 valence electrons. The molecular weight excluding hydrogens is 300 g/mol. The highest BCUT2D eigenvalue weighted by Gasteiger charge is 2.14. The molecule has 1 aromatic carbocycles. The quantitative estimate of drug-likeness (QED) is 0.915. The molecule has 0 saturated carbocycles. The molecule has 0 spiro atoms. The van der Waals surface area contributed by atoms with Crippen molar-refractivity contribution in [2.45, 2.75) is 13.0 Å². The maximum absolute atomic E-state index is 6.26. The van der Waals surface area contributed by atoms with Gasteiger partial charge < -0.3 is 5.73 Å². The second-order valence-electron chi connectivity index (χ2n) is 3.88. The first-order valence-electron chi connectivity index (χ1n) is 5.20. The minimum Gasteiger partial charge on any atom is -0.320 e. The van der Waals surface area contributed by atoms with E-state index in [0.29, 0.717) is 5.02 Å². The predicted molar refractivity (Wildman–Crippen MR) is 74.2 cm³/mol. The second kappa shape index (κ2) is 5.17. The monoisotopic (exact) mass is 310 g/mol. The molecule has 2 nitrogen and oxygen atoms in total. The fourth-order valence-electron chi connectivity index (χ4n) is 1.72. The summed E-state index contributed by atoms with van der Waals surface area (Å²) in [6, 6.07) is 7.34. The van der Waals surface area contributed by atoms with Crippen LogP contribution in [0.1, 0.15) is 22.7 Å². The Morgan fingerprint density at radius 3 is 2.76 bits per heavy atom. The van der Waals surface area contributed by atoms with Crippen molar-refractivity contribution in [3.63, 3.8) is 0 Å². The number of aryl methyl sites for hydroxylation is 1. The molecule has 0 saturated heterocycles. The minimum absolute atomic E-state index is 0.225. The number of nitrogens with two attached hydrogens (primary N) is 1. The molecule has 0 bridgehead atoms. The summed E-state index contributed by atoms with van der Waals surface area (Å²) in [4.78, 5) is 4.12. The Hall–Kier alpha value is -0.900. The molecular formula is C13H12BrClN2. The normalized spacial score (nSPS) is 12.5. The lowest BCUT2D eigenvalue weighted by atomic mass is 9.98. The highest BCUT2D eigenvalue weighted by Crippen LogP contribution is 2.30. The van der Waals surface area contributed by atoms with Crippen molar-refractivity contribution in [3.8, 4) is 0 Å². The summed E-state index contributed by atoms with van der Waals surface area (Å²) >= 11 is 9.49. The fraction of sp³-hybridized carbons (Fsp3) is 0.154. The lowest BCUT2D eigenvalue weighted by Gasteiger charge is -2.16. The lowest BCUT2D eigenvalue weighted by molar-refractivity contribution is 0.848. The molecule has 1 aromatic heterocycles. The summed E-state index contributed by atoms with van der Waals surface area (Å²) in [6.07, 6.45) is 3.56. The number of halogens is 2. The second-order valence-corrected chi connectivity index (χ2v) is 5.17. The van der Waals surface area contributed by atoms with Gasteiger partial charge in [0.2, 0.25) is 0 Å². The minimum atomic E-state index is -0.225. The zero-order valence-electron chi connectivity index (χ0n) is 9.32. The van der Waals surface area contributed by atoms with Crippen molar-refractivity contribution in [2.75, 3.05) is 0 Å². The standard InChI is InChI=1S/C13H12BrClN2/c1-8-4-5-17-7-11(8)13(16)10-6-9(15)2-3-12(10)14/h2-7,13H,16H2,1H3. The molecule has 17 heavy (non-hydrogen) atoms. The van der Waals surface area contributed by atoms with E-state index in [2.05, 4.69) is 20.9 Å². The third-order valence-electron chi connectivity index (χ3n) is 2.71. The molecule has 2 rings (SSSR count). The van der Waals surface area contributed by atoms with Crippen LogP contribution in [-0.2, 0) is 0 Å². The van der Waals surface area contributed by atoms with Crippen LogP contribution in [0.3, 0.4) is 0 Å². The van der Waals surface area contributed by atoms with Crippen LogP contribution < -0.4 is 5.73 Å². The number of rotatable bonds is 2. The zero-order valence-corrected chi connectivity index (χ0v) is 11.7. The van der Waals surface area contributed by atoms with Crippen LogP contribution in [0.25, 0.3) is 0 Å². The number of nitrogens with zero attached hydrogens (tertiary/aromatic N) is 1. The Kier molecular flexibility index (Phi) is 3.82. The van der Waals surface area contributed by atoms with Crippen molar-refractivity contribution in [3.05, 3.63) is 62.8 Å². The van der Waals surface area contributed by atoms with Gasteiger partial charge >= 0.3 is 0 Å². The van der Waals surface area contributed by atoms with Crippen molar-refractivity contribution in [1.29, 1.82) is 0 Å².